The maximum atomic E-state index is 3.37. The number of benzene rings is 4. The molecule has 0 saturated carbocycles. The number of nitrogens with zero attached hydrogens (tertiary/aromatic N) is 1. The lowest BCUT2D eigenvalue weighted by Crippen LogP contribution is -2.23. The van der Waals surface area contributed by atoms with Crippen molar-refractivity contribution in [2.45, 2.75) is 13.1 Å². The van der Waals surface area contributed by atoms with E-state index >= 15 is 0 Å². The van der Waals surface area contributed by atoms with Crippen LogP contribution in [0.5, 0.6) is 0 Å². The molecule has 0 spiro atoms. The van der Waals surface area contributed by atoms with Gasteiger partial charge >= 0.3 is 0 Å². The summed E-state index contributed by atoms with van der Waals surface area (Å²) < 4.78 is 0. The van der Waals surface area contributed by atoms with E-state index in [9.17, 15) is 0 Å². The van der Waals surface area contributed by atoms with Crippen molar-refractivity contribution in [3.63, 3.8) is 0 Å². The predicted molar refractivity (Wildman–Crippen MR) is 118 cm³/mol. The van der Waals surface area contributed by atoms with Crippen LogP contribution in [0.3, 0.4) is 0 Å². The average molecular weight is 361 g/mol. The molecule has 4 aromatic carbocycles. The Hall–Kier alpha value is -3.34. The minimum absolute atomic E-state index is 0.729. The highest BCUT2D eigenvalue weighted by Gasteiger charge is 2.08. The fourth-order valence-corrected chi connectivity index (χ4v) is 3.46. The van der Waals surface area contributed by atoms with Crippen LogP contribution >= 0.6 is 0 Å². The van der Waals surface area contributed by atoms with Crippen LogP contribution in [0.1, 0.15) is 16.7 Å². The van der Waals surface area contributed by atoms with Crippen molar-refractivity contribution in [3.8, 4) is 11.8 Å². The van der Waals surface area contributed by atoms with Gasteiger partial charge in [-0.15, -0.1) is 0 Å². The van der Waals surface area contributed by atoms with Crippen molar-refractivity contribution >= 4 is 10.8 Å². The molecule has 136 valence electrons. The Labute approximate surface area is 167 Å². The van der Waals surface area contributed by atoms with Crippen LogP contribution in [0.25, 0.3) is 10.8 Å². The van der Waals surface area contributed by atoms with Crippen molar-refractivity contribution in [1.82, 2.24) is 4.90 Å². The molecule has 0 N–H and O–H groups in total. The molecule has 0 atom stereocenters. The summed E-state index contributed by atoms with van der Waals surface area (Å²) in [5.74, 6) is 6.66. The summed E-state index contributed by atoms with van der Waals surface area (Å²) in [4.78, 5) is 2.41. The van der Waals surface area contributed by atoms with Gasteiger partial charge in [-0.1, -0.05) is 103 Å². The van der Waals surface area contributed by atoms with Gasteiger partial charge in [-0.3, -0.25) is 4.90 Å². The van der Waals surface area contributed by atoms with E-state index in [1.807, 2.05) is 18.2 Å². The van der Waals surface area contributed by atoms with Crippen LogP contribution in [0.4, 0.5) is 0 Å². The van der Waals surface area contributed by atoms with Gasteiger partial charge in [0.25, 0.3) is 0 Å². The van der Waals surface area contributed by atoms with E-state index in [2.05, 4.69) is 102 Å². The van der Waals surface area contributed by atoms with Gasteiger partial charge in [0.15, 0.2) is 0 Å². The molecule has 0 amide bonds. The van der Waals surface area contributed by atoms with E-state index in [1.165, 1.54) is 21.9 Å². The van der Waals surface area contributed by atoms with Crippen LogP contribution in [0.15, 0.2) is 103 Å². The molecular formula is C27H23N. The molecule has 0 aliphatic heterocycles. The van der Waals surface area contributed by atoms with Gasteiger partial charge in [-0.25, -0.2) is 0 Å². The highest BCUT2D eigenvalue weighted by molar-refractivity contribution is 5.85. The van der Waals surface area contributed by atoms with E-state index < -0.39 is 0 Å². The summed E-state index contributed by atoms with van der Waals surface area (Å²) in [5, 5.41) is 2.61. The summed E-state index contributed by atoms with van der Waals surface area (Å²) in [5.41, 5.74) is 3.71. The lowest BCUT2D eigenvalue weighted by atomic mass is 10.0. The first-order valence-corrected chi connectivity index (χ1v) is 9.65. The van der Waals surface area contributed by atoms with Gasteiger partial charge < -0.3 is 0 Å². The summed E-state index contributed by atoms with van der Waals surface area (Å²) >= 11 is 0. The van der Waals surface area contributed by atoms with Crippen LogP contribution in [0.2, 0.25) is 0 Å². The normalized spacial score (nSPS) is 10.6. The van der Waals surface area contributed by atoms with Crippen LogP contribution in [-0.4, -0.2) is 11.4 Å². The molecule has 0 saturated heterocycles. The van der Waals surface area contributed by atoms with Gasteiger partial charge in [0.1, 0.15) is 0 Å². The van der Waals surface area contributed by atoms with Gasteiger partial charge in [0.2, 0.25) is 0 Å². The van der Waals surface area contributed by atoms with Crippen LogP contribution in [-0.2, 0) is 13.1 Å². The number of fused-ring (bicyclic) bond motifs is 1. The Bertz CT molecular complexity index is 1080. The molecule has 0 unspecified atom stereocenters. The highest BCUT2D eigenvalue weighted by atomic mass is 15.1. The standard InChI is InChI=1S/C27H23N/c1-3-11-23(12-4-1)15-10-20-28(21-24-13-5-2-6-14-24)22-26-18-9-17-25-16-7-8-19-27(25)26/h1-9,11-14,16-19H,20-22H2. The Kier molecular flexibility index (Phi) is 5.83. The summed E-state index contributed by atoms with van der Waals surface area (Å²) in [7, 11) is 0. The molecule has 1 heteroatoms. The summed E-state index contributed by atoms with van der Waals surface area (Å²) in [6.07, 6.45) is 0. The van der Waals surface area contributed by atoms with E-state index in [0.29, 0.717) is 0 Å². The zero-order valence-corrected chi connectivity index (χ0v) is 15.9. The number of hydrogen-bond acceptors (Lipinski definition) is 1. The third-order valence-corrected chi connectivity index (χ3v) is 4.83. The Morgan fingerprint density at radius 1 is 0.607 bits per heavy atom. The second-order valence-corrected chi connectivity index (χ2v) is 6.94. The molecule has 0 aliphatic rings. The minimum Gasteiger partial charge on any atom is -0.284 e. The number of hydrogen-bond donors (Lipinski definition) is 0. The topological polar surface area (TPSA) is 3.24 Å². The zero-order valence-electron chi connectivity index (χ0n) is 15.9. The summed E-state index contributed by atoms with van der Waals surface area (Å²) in [6, 6.07) is 36.0. The molecule has 0 aromatic heterocycles. The molecule has 0 heterocycles. The van der Waals surface area contributed by atoms with Crippen LogP contribution < -0.4 is 0 Å². The monoisotopic (exact) mass is 361 g/mol. The highest BCUT2D eigenvalue weighted by Crippen LogP contribution is 2.20. The Balaban J connectivity index is 1.58. The molecular weight excluding hydrogens is 338 g/mol. The van der Waals surface area contributed by atoms with Gasteiger partial charge in [0.05, 0.1) is 6.54 Å². The lowest BCUT2D eigenvalue weighted by molar-refractivity contribution is 0.291. The SMILES string of the molecule is C(#Cc1ccccc1)CN(Cc1ccccc1)Cc1cccc2ccccc12. The molecule has 0 fully saturated rings. The van der Waals surface area contributed by atoms with Crippen molar-refractivity contribution in [1.29, 1.82) is 0 Å². The van der Waals surface area contributed by atoms with Gasteiger partial charge in [-0.2, -0.15) is 0 Å². The first kappa shape index (κ1) is 18.0. The number of rotatable bonds is 5. The lowest BCUT2D eigenvalue weighted by Gasteiger charge is -2.21. The van der Waals surface area contributed by atoms with Crippen LogP contribution in [0, 0.1) is 11.8 Å². The quantitative estimate of drug-likeness (QED) is 0.400. The van der Waals surface area contributed by atoms with Crippen molar-refractivity contribution in [3.05, 3.63) is 120 Å². The Morgan fingerprint density at radius 2 is 1.29 bits per heavy atom. The van der Waals surface area contributed by atoms with E-state index in [-0.39, 0.29) is 0 Å². The molecule has 0 bridgehead atoms. The van der Waals surface area contributed by atoms with Crippen molar-refractivity contribution < 1.29 is 0 Å². The molecule has 4 aromatic rings. The van der Waals surface area contributed by atoms with Gasteiger partial charge in [0, 0.05) is 18.7 Å². The second kappa shape index (κ2) is 9.04. The Morgan fingerprint density at radius 3 is 2.11 bits per heavy atom. The van der Waals surface area contributed by atoms with Crippen molar-refractivity contribution in [2.24, 2.45) is 0 Å². The largest absolute Gasteiger partial charge is 0.284 e. The van der Waals surface area contributed by atoms with E-state index in [1.54, 1.807) is 0 Å². The first-order chi connectivity index (χ1) is 13.9. The van der Waals surface area contributed by atoms with Gasteiger partial charge in [-0.05, 0) is 34.0 Å². The minimum atomic E-state index is 0.729. The third kappa shape index (κ3) is 4.68. The first-order valence-electron chi connectivity index (χ1n) is 9.65. The fraction of sp³-hybridized carbons (Fsp3) is 0.111. The molecule has 0 aliphatic carbocycles. The molecule has 1 nitrogen and oxygen atoms in total. The van der Waals surface area contributed by atoms with Crippen molar-refractivity contribution in [2.75, 3.05) is 6.54 Å². The van der Waals surface area contributed by atoms with E-state index in [4.69, 9.17) is 0 Å². The second-order valence-electron chi connectivity index (χ2n) is 6.94. The third-order valence-electron chi connectivity index (χ3n) is 4.83. The fourth-order valence-electron chi connectivity index (χ4n) is 3.46. The predicted octanol–water partition coefficient (Wildman–Crippen LogP) is 5.89. The maximum absolute atomic E-state index is 3.37. The maximum Gasteiger partial charge on any atom is 0.0611 e. The molecule has 28 heavy (non-hydrogen) atoms. The molecule has 4 rings (SSSR count). The van der Waals surface area contributed by atoms with E-state index in [0.717, 1.165) is 25.2 Å². The molecule has 0 radical (unpaired) electrons. The summed E-state index contributed by atoms with van der Waals surface area (Å²) in [6.45, 7) is 2.49. The smallest absolute Gasteiger partial charge is 0.0611 e. The average Bonchev–Trinajstić information content (AvgIpc) is 2.75. The zero-order chi connectivity index (χ0) is 19.0.